The van der Waals surface area contributed by atoms with Crippen molar-refractivity contribution >= 4 is 32.6 Å². The Morgan fingerprint density at radius 3 is 2.70 bits per heavy atom. The molecule has 1 aromatic heterocycles. The molecule has 0 atom stereocenters. The Morgan fingerprint density at radius 1 is 1.15 bits per heavy atom. The van der Waals surface area contributed by atoms with Crippen LogP contribution < -0.4 is 5.32 Å². The van der Waals surface area contributed by atoms with E-state index in [1.165, 1.54) is 0 Å². The molecule has 1 aliphatic carbocycles. The third-order valence-corrected chi connectivity index (χ3v) is 4.80. The molecule has 104 valence electrons. The van der Waals surface area contributed by atoms with Crippen LogP contribution in [0.5, 0.6) is 0 Å². The Morgan fingerprint density at radius 2 is 1.90 bits per heavy atom. The molecule has 3 nitrogen and oxygen atoms in total. The fraction of sp³-hybridized carbons (Fsp3) is 0.375. The number of amides is 1. The van der Waals surface area contributed by atoms with Gasteiger partial charge in [0.05, 0.1) is 0 Å². The van der Waals surface area contributed by atoms with Crippen molar-refractivity contribution in [2.45, 2.75) is 36.6 Å². The molecule has 20 heavy (non-hydrogen) atoms. The first-order valence-corrected chi connectivity index (χ1v) is 7.94. The third kappa shape index (κ3) is 2.85. The molecule has 4 heteroatoms. The van der Waals surface area contributed by atoms with Crippen LogP contribution in [0.25, 0.3) is 10.8 Å². The maximum absolute atomic E-state index is 12.4. The molecule has 0 unspecified atom stereocenters. The van der Waals surface area contributed by atoms with E-state index in [1.807, 2.05) is 30.3 Å². The van der Waals surface area contributed by atoms with Crippen molar-refractivity contribution in [1.29, 1.82) is 0 Å². The standard InChI is InChI=1S/C16H17BrN2O/c17-12-5-7-13(8-6-12)19-16(20)15-14-4-2-1-3-11(14)9-10-18-15/h1-4,9-10,12-13H,5-8H2,(H,19,20). The number of hydrogen-bond donors (Lipinski definition) is 1. The Bertz CT molecular complexity index is 615. The summed E-state index contributed by atoms with van der Waals surface area (Å²) in [7, 11) is 0. The van der Waals surface area contributed by atoms with Crippen LogP contribution in [0.3, 0.4) is 0 Å². The van der Waals surface area contributed by atoms with Crippen molar-refractivity contribution in [3.05, 3.63) is 42.2 Å². The number of aromatic nitrogens is 1. The van der Waals surface area contributed by atoms with Crippen LogP contribution in [0, 0.1) is 0 Å². The Kier molecular flexibility index (Phi) is 4.01. The average Bonchev–Trinajstić information content (AvgIpc) is 2.49. The van der Waals surface area contributed by atoms with Crippen molar-refractivity contribution in [3.63, 3.8) is 0 Å². The predicted molar refractivity (Wildman–Crippen MR) is 84.2 cm³/mol. The zero-order valence-corrected chi connectivity index (χ0v) is 12.8. The molecule has 0 bridgehead atoms. The summed E-state index contributed by atoms with van der Waals surface area (Å²) >= 11 is 3.63. The summed E-state index contributed by atoms with van der Waals surface area (Å²) in [5.74, 6) is -0.0557. The lowest BCUT2D eigenvalue weighted by Gasteiger charge is -2.26. The van der Waals surface area contributed by atoms with E-state index in [2.05, 4.69) is 26.2 Å². The van der Waals surface area contributed by atoms with E-state index in [1.54, 1.807) is 6.20 Å². The van der Waals surface area contributed by atoms with Gasteiger partial charge in [0.15, 0.2) is 0 Å². The number of nitrogens with zero attached hydrogens (tertiary/aromatic N) is 1. The van der Waals surface area contributed by atoms with Gasteiger partial charge >= 0.3 is 0 Å². The monoisotopic (exact) mass is 332 g/mol. The summed E-state index contributed by atoms with van der Waals surface area (Å²) in [4.78, 5) is 17.3. The molecule has 1 aromatic carbocycles. The van der Waals surface area contributed by atoms with E-state index < -0.39 is 0 Å². The first-order chi connectivity index (χ1) is 9.74. The number of fused-ring (bicyclic) bond motifs is 1. The smallest absolute Gasteiger partial charge is 0.270 e. The van der Waals surface area contributed by atoms with Crippen LogP contribution >= 0.6 is 15.9 Å². The second kappa shape index (κ2) is 5.92. The molecule has 0 saturated heterocycles. The van der Waals surface area contributed by atoms with Gasteiger partial charge in [-0.3, -0.25) is 9.78 Å². The molecule has 0 spiro atoms. The first kappa shape index (κ1) is 13.6. The van der Waals surface area contributed by atoms with Crippen LogP contribution in [0.1, 0.15) is 36.2 Å². The van der Waals surface area contributed by atoms with Gasteiger partial charge in [0.25, 0.3) is 5.91 Å². The number of rotatable bonds is 2. The molecular weight excluding hydrogens is 316 g/mol. The molecule has 0 radical (unpaired) electrons. The second-order valence-electron chi connectivity index (χ2n) is 5.30. The summed E-state index contributed by atoms with van der Waals surface area (Å²) < 4.78 is 0. The maximum Gasteiger partial charge on any atom is 0.270 e. The third-order valence-electron chi connectivity index (χ3n) is 3.88. The van der Waals surface area contributed by atoms with E-state index in [0.717, 1.165) is 36.5 Å². The van der Waals surface area contributed by atoms with Crippen molar-refractivity contribution in [1.82, 2.24) is 10.3 Å². The summed E-state index contributed by atoms with van der Waals surface area (Å²) in [5, 5.41) is 5.10. The topological polar surface area (TPSA) is 42.0 Å². The van der Waals surface area contributed by atoms with E-state index in [-0.39, 0.29) is 11.9 Å². The molecule has 1 N–H and O–H groups in total. The minimum Gasteiger partial charge on any atom is -0.348 e. The largest absolute Gasteiger partial charge is 0.348 e. The van der Waals surface area contributed by atoms with Gasteiger partial charge in [-0.1, -0.05) is 40.2 Å². The minimum absolute atomic E-state index is 0.0557. The molecule has 1 fully saturated rings. The first-order valence-electron chi connectivity index (χ1n) is 7.03. The van der Waals surface area contributed by atoms with Gasteiger partial charge in [-0.05, 0) is 37.1 Å². The van der Waals surface area contributed by atoms with Crippen LogP contribution in [-0.4, -0.2) is 21.8 Å². The Labute approximate surface area is 126 Å². The van der Waals surface area contributed by atoms with E-state index in [4.69, 9.17) is 0 Å². The Balaban J connectivity index is 1.79. The van der Waals surface area contributed by atoms with Gasteiger partial charge in [0.1, 0.15) is 5.69 Å². The maximum atomic E-state index is 12.4. The zero-order chi connectivity index (χ0) is 13.9. The fourth-order valence-corrected chi connectivity index (χ4v) is 3.28. The highest BCUT2D eigenvalue weighted by Gasteiger charge is 2.22. The second-order valence-corrected chi connectivity index (χ2v) is 6.60. The highest BCUT2D eigenvalue weighted by atomic mass is 79.9. The van der Waals surface area contributed by atoms with Crippen molar-refractivity contribution in [2.24, 2.45) is 0 Å². The number of alkyl halides is 1. The number of nitrogens with one attached hydrogen (secondary N) is 1. The van der Waals surface area contributed by atoms with Crippen molar-refractivity contribution in [2.75, 3.05) is 0 Å². The molecular formula is C16H17BrN2O. The highest BCUT2D eigenvalue weighted by Crippen LogP contribution is 2.24. The number of carbonyl (C=O) groups is 1. The van der Waals surface area contributed by atoms with Gasteiger partial charge < -0.3 is 5.32 Å². The molecule has 2 aromatic rings. The van der Waals surface area contributed by atoms with Crippen molar-refractivity contribution in [3.8, 4) is 0 Å². The molecule has 1 heterocycles. The fourth-order valence-electron chi connectivity index (χ4n) is 2.75. The van der Waals surface area contributed by atoms with Gasteiger partial charge in [0, 0.05) is 22.5 Å². The summed E-state index contributed by atoms with van der Waals surface area (Å²) in [6, 6.07) is 10.1. The van der Waals surface area contributed by atoms with Gasteiger partial charge in [-0.25, -0.2) is 0 Å². The normalized spacial score (nSPS) is 22.6. The molecule has 0 aliphatic heterocycles. The summed E-state index contributed by atoms with van der Waals surface area (Å²) in [6.45, 7) is 0. The number of benzene rings is 1. The molecule has 1 aliphatic rings. The number of carbonyl (C=O) groups excluding carboxylic acids is 1. The van der Waals surface area contributed by atoms with Crippen molar-refractivity contribution < 1.29 is 4.79 Å². The lowest BCUT2D eigenvalue weighted by molar-refractivity contribution is 0.0925. The van der Waals surface area contributed by atoms with Crippen LogP contribution in [0.2, 0.25) is 0 Å². The molecule has 3 rings (SSSR count). The van der Waals surface area contributed by atoms with E-state index in [9.17, 15) is 4.79 Å². The van der Waals surface area contributed by atoms with Gasteiger partial charge in [-0.2, -0.15) is 0 Å². The summed E-state index contributed by atoms with van der Waals surface area (Å²) in [6.07, 6.45) is 6.01. The lowest BCUT2D eigenvalue weighted by Crippen LogP contribution is -2.38. The van der Waals surface area contributed by atoms with Gasteiger partial charge in [-0.15, -0.1) is 0 Å². The number of hydrogen-bond acceptors (Lipinski definition) is 2. The summed E-state index contributed by atoms with van der Waals surface area (Å²) in [5.41, 5.74) is 0.532. The Hall–Kier alpha value is -1.42. The molecule has 1 saturated carbocycles. The average molecular weight is 333 g/mol. The SMILES string of the molecule is O=C(NC1CCC(Br)CC1)c1nccc2ccccc12. The molecule has 1 amide bonds. The minimum atomic E-state index is -0.0557. The lowest BCUT2D eigenvalue weighted by atomic mass is 9.95. The van der Waals surface area contributed by atoms with E-state index in [0.29, 0.717) is 10.5 Å². The number of pyridine rings is 1. The highest BCUT2D eigenvalue weighted by molar-refractivity contribution is 9.09. The van der Waals surface area contributed by atoms with Crippen LogP contribution in [0.4, 0.5) is 0 Å². The zero-order valence-electron chi connectivity index (χ0n) is 11.2. The van der Waals surface area contributed by atoms with Crippen LogP contribution in [0.15, 0.2) is 36.5 Å². The van der Waals surface area contributed by atoms with E-state index >= 15 is 0 Å². The quantitative estimate of drug-likeness (QED) is 0.852. The van der Waals surface area contributed by atoms with Gasteiger partial charge in [0.2, 0.25) is 0 Å². The predicted octanol–water partition coefficient (Wildman–Crippen LogP) is 3.67. The number of halogens is 1. The van der Waals surface area contributed by atoms with Crippen LogP contribution in [-0.2, 0) is 0 Å².